The fraction of sp³-hybridized carbons (Fsp3) is 0.357. The van der Waals surface area contributed by atoms with Crippen LogP contribution < -0.4 is 10.1 Å². The molecule has 1 amide bonds. The second-order valence-corrected chi connectivity index (χ2v) is 7.29. The van der Waals surface area contributed by atoms with Crippen molar-refractivity contribution in [1.82, 2.24) is 5.32 Å². The predicted octanol–water partition coefficient (Wildman–Crippen LogP) is 1.90. The van der Waals surface area contributed by atoms with Crippen LogP contribution in [-0.4, -0.2) is 38.2 Å². The van der Waals surface area contributed by atoms with E-state index in [9.17, 15) is 26.4 Å². The van der Waals surface area contributed by atoms with Crippen LogP contribution in [0.5, 0.6) is 5.75 Å². The third kappa shape index (κ3) is 5.93. The first-order valence-electron chi connectivity index (χ1n) is 6.68. The highest BCUT2D eigenvalue weighted by atomic mass is 32.2. The molecule has 2 rings (SSSR count). The molecule has 0 saturated carbocycles. The predicted molar refractivity (Wildman–Crippen MR) is 77.4 cm³/mol. The summed E-state index contributed by atoms with van der Waals surface area (Å²) in [6.07, 6.45) is -1.76. The van der Waals surface area contributed by atoms with Crippen LogP contribution in [-0.2, 0) is 14.6 Å². The quantitative estimate of drug-likeness (QED) is 0.843. The number of sulfone groups is 1. The van der Waals surface area contributed by atoms with E-state index in [4.69, 9.17) is 0 Å². The molecule has 0 spiro atoms. The minimum Gasteiger partial charge on any atom is -0.406 e. The van der Waals surface area contributed by atoms with E-state index in [-0.39, 0.29) is 17.3 Å². The molecule has 1 aliphatic heterocycles. The normalized spacial score (nSPS) is 20.6. The van der Waals surface area contributed by atoms with Gasteiger partial charge in [-0.3, -0.25) is 4.79 Å². The highest BCUT2D eigenvalue weighted by molar-refractivity contribution is 7.91. The lowest BCUT2D eigenvalue weighted by Gasteiger charge is -2.09. The van der Waals surface area contributed by atoms with Gasteiger partial charge in [0, 0.05) is 12.1 Å². The van der Waals surface area contributed by atoms with Gasteiger partial charge in [-0.05, 0) is 30.2 Å². The van der Waals surface area contributed by atoms with Crippen molar-refractivity contribution < 1.29 is 31.1 Å². The number of hydrogen-bond donors (Lipinski definition) is 1. The van der Waals surface area contributed by atoms with Gasteiger partial charge in [-0.25, -0.2) is 8.42 Å². The van der Waals surface area contributed by atoms with Crippen LogP contribution in [0.4, 0.5) is 13.2 Å². The molecule has 1 saturated heterocycles. The molecule has 9 heteroatoms. The molecule has 23 heavy (non-hydrogen) atoms. The first-order chi connectivity index (χ1) is 10.6. The zero-order chi connectivity index (χ0) is 17.1. The van der Waals surface area contributed by atoms with Crippen LogP contribution in [0.2, 0.25) is 0 Å². The van der Waals surface area contributed by atoms with E-state index in [0.717, 1.165) is 12.1 Å². The van der Waals surface area contributed by atoms with E-state index >= 15 is 0 Å². The van der Waals surface area contributed by atoms with Crippen LogP contribution in [0.15, 0.2) is 30.3 Å². The lowest BCUT2D eigenvalue weighted by Crippen LogP contribution is -2.34. The van der Waals surface area contributed by atoms with Gasteiger partial charge in [0.05, 0.1) is 11.5 Å². The van der Waals surface area contributed by atoms with E-state index in [1.54, 1.807) is 0 Å². The molecule has 0 radical (unpaired) electrons. The third-order valence-electron chi connectivity index (χ3n) is 3.12. The molecule has 1 unspecified atom stereocenters. The topological polar surface area (TPSA) is 72.5 Å². The monoisotopic (exact) mass is 349 g/mol. The largest absolute Gasteiger partial charge is 0.573 e. The fourth-order valence-corrected chi connectivity index (χ4v) is 3.78. The maximum atomic E-state index is 12.0. The van der Waals surface area contributed by atoms with E-state index in [1.165, 1.54) is 24.3 Å². The Morgan fingerprint density at radius 1 is 1.26 bits per heavy atom. The zero-order valence-electron chi connectivity index (χ0n) is 11.8. The van der Waals surface area contributed by atoms with Crippen molar-refractivity contribution in [1.29, 1.82) is 0 Å². The lowest BCUT2D eigenvalue weighted by atomic mass is 10.2. The van der Waals surface area contributed by atoms with Crippen LogP contribution in [0, 0.1) is 0 Å². The number of hydrogen-bond acceptors (Lipinski definition) is 4. The summed E-state index contributed by atoms with van der Waals surface area (Å²) >= 11 is 0. The maximum Gasteiger partial charge on any atom is 0.573 e. The first kappa shape index (κ1) is 17.3. The lowest BCUT2D eigenvalue weighted by molar-refractivity contribution is -0.274. The smallest absolute Gasteiger partial charge is 0.406 e. The van der Waals surface area contributed by atoms with Crippen LogP contribution in [0.3, 0.4) is 0 Å². The Balaban J connectivity index is 1.88. The molecule has 1 aromatic carbocycles. The van der Waals surface area contributed by atoms with E-state index in [2.05, 4.69) is 10.1 Å². The minimum atomic E-state index is -4.75. The molecule has 0 bridgehead atoms. The maximum absolute atomic E-state index is 12.0. The van der Waals surface area contributed by atoms with Gasteiger partial charge in [-0.15, -0.1) is 13.2 Å². The van der Waals surface area contributed by atoms with Crippen molar-refractivity contribution in [2.24, 2.45) is 0 Å². The molecule has 0 aromatic heterocycles. The number of amides is 1. The van der Waals surface area contributed by atoms with Gasteiger partial charge in [0.2, 0.25) is 5.91 Å². The highest BCUT2D eigenvalue weighted by Gasteiger charge is 2.31. The van der Waals surface area contributed by atoms with Gasteiger partial charge < -0.3 is 10.1 Å². The van der Waals surface area contributed by atoms with Gasteiger partial charge in [0.25, 0.3) is 0 Å². The molecule has 126 valence electrons. The molecule has 0 aliphatic carbocycles. The van der Waals surface area contributed by atoms with Gasteiger partial charge in [0.15, 0.2) is 9.84 Å². The summed E-state index contributed by atoms with van der Waals surface area (Å²) in [7, 11) is -3.07. The number of ether oxygens (including phenoxy) is 1. The van der Waals surface area contributed by atoms with Crippen LogP contribution in [0.1, 0.15) is 12.0 Å². The SMILES string of the molecule is O=C(C=Cc1ccc(OC(F)(F)F)cc1)NC1CCS(=O)(=O)C1. The summed E-state index contributed by atoms with van der Waals surface area (Å²) in [5.74, 6) is -0.823. The van der Waals surface area contributed by atoms with E-state index in [0.29, 0.717) is 12.0 Å². The van der Waals surface area contributed by atoms with Crippen molar-refractivity contribution >= 4 is 21.8 Å². The Bertz CT molecular complexity index is 696. The number of halogens is 3. The molecule has 1 atom stereocenters. The van der Waals surface area contributed by atoms with Gasteiger partial charge in [0.1, 0.15) is 5.75 Å². The Hall–Kier alpha value is -2.03. The Labute approximate surface area is 131 Å². The average Bonchev–Trinajstić information content (AvgIpc) is 2.75. The number of alkyl halides is 3. The minimum absolute atomic E-state index is 0.0579. The van der Waals surface area contributed by atoms with Crippen molar-refractivity contribution in [2.45, 2.75) is 18.8 Å². The number of carbonyl (C=O) groups is 1. The second kappa shape index (κ2) is 6.61. The summed E-state index contributed by atoms with van der Waals surface area (Å²) in [5.41, 5.74) is 0.508. The zero-order valence-corrected chi connectivity index (χ0v) is 12.7. The van der Waals surface area contributed by atoms with Gasteiger partial charge in [-0.2, -0.15) is 0 Å². The second-order valence-electron chi connectivity index (χ2n) is 5.06. The van der Waals surface area contributed by atoms with E-state index in [1.807, 2.05) is 0 Å². The summed E-state index contributed by atoms with van der Waals surface area (Å²) in [5, 5.41) is 2.57. The fourth-order valence-electron chi connectivity index (χ4n) is 2.11. The molecule has 5 nitrogen and oxygen atoms in total. The third-order valence-corrected chi connectivity index (χ3v) is 4.89. The molecule has 1 aromatic rings. The number of rotatable bonds is 4. The Kier molecular flexibility index (Phi) is 4.98. The molecular formula is C14H14F3NO4S. The van der Waals surface area contributed by atoms with Crippen LogP contribution in [0.25, 0.3) is 6.08 Å². The average molecular weight is 349 g/mol. The molecule has 1 N–H and O–H groups in total. The number of benzene rings is 1. The van der Waals surface area contributed by atoms with Crippen molar-refractivity contribution in [2.75, 3.05) is 11.5 Å². The summed E-state index contributed by atoms with van der Waals surface area (Å²) in [6.45, 7) is 0. The summed E-state index contributed by atoms with van der Waals surface area (Å²) in [4.78, 5) is 11.7. The molecular weight excluding hydrogens is 335 g/mol. The van der Waals surface area contributed by atoms with Crippen molar-refractivity contribution in [3.8, 4) is 5.75 Å². The highest BCUT2D eigenvalue weighted by Crippen LogP contribution is 2.23. The Morgan fingerprint density at radius 2 is 1.91 bits per heavy atom. The number of nitrogens with one attached hydrogen (secondary N) is 1. The molecule has 1 aliphatic rings. The Morgan fingerprint density at radius 3 is 2.43 bits per heavy atom. The standard InChI is InChI=1S/C14H14F3NO4S/c15-14(16,17)22-12-4-1-10(2-5-12)3-6-13(19)18-11-7-8-23(20,21)9-11/h1-6,11H,7-9H2,(H,18,19). The summed E-state index contributed by atoms with van der Waals surface area (Å²) < 4.78 is 62.3. The van der Waals surface area contributed by atoms with Crippen molar-refractivity contribution in [3.63, 3.8) is 0 Å². The van der Waals surface area contributed by atoms with Crippen molar-refractivity contribution in [3.05, 3.63) is 35.9 Å². The van der Waals surface area contributed by atoms with E-state index < -0.39 is 28.1 Å². The van der Waals surface area contributed by atoms with Gasteiger partial charge >= 0.3 is 6.36 Å². The molecule has 1 heterocycles. The number of carbonyl (C=O) groups excluding carboxylic acids is 1. The first-order valence-corrected chi connectivity index (χ1v) is 8.50. The summed E-state index contributed by atoms with van der Waals surface area (Å²) in [6, 6.07) is 4.60. The van der Waals surface area contributed by atoms with Crippen LogP contribution >= 0.6 is 0 Å². The van der Waals surface area contributed by atoms with Gasteiger partial charge in [-0.1, -0.05) is 12.1 Å². The molecule has 1 fully saturated rings.